The number of likely N-dealkylation sites (tertiary alicyclic amines) is 1. The second-order valence-corrected chi connectivity index (χ2v) is 11.0. The van der Waals surface area contributed by atoms with Gasteiger partial charge in [0.25, 0.3) is 5.97 Å². The molecule has 7 heteroatoms. The fourth-order valence-corrected chi connectivity index (χ4v) is 6.32. The Morgan fingerprint density at radius 3 is 2.75 bits per heavy atom. The van der Waals surface area contributed by atoms with Gasteiger partial charge in [-0.05, 0) is 87.4 Å². The van der Waals surface area contributed by atoms with Gasteiger partial charge >= 0.3 is 0 Å². The van der Waals surface area contributed by atoms with Crippen molar-refractivity contribution in [1.82, 2.24) is 9.88 Å². The molecule has 1 aliphatic rings. The number of rotatable bonds is 6. The molecule has 0 radical (unpaired) electrons. The van der Waals surface area contributed by atoms with E-state index in [9.17, 15) is 5.11 Å². The summed E-state index contributed by atoms with van der Waals surface area (Å²) in [5.74, 6) is 0.611. The number of ether oxygens (including phenoxy) is 1. The Morgan fingerprint density at radius 2 is 2.00 bits per heavy atom. The number of hydrogen-bond acceptors (Lipinski definition) is 5. The van der Waals surface area contributed by atoms with E-state index in [-0.39, 0.29) is 0 Å². The number of β-amino-alcohol motifs (C(OH)–C–C–N with tert-alkyl or cyclic N) is 1. The van der Waals surface area contributed by atoms with Crippen molar-refractivity contribution >= 4 is 38.3 Å². The van der Waals surface area contributed by atoms with Crippen molar-refractivity contribution in [2.45, 2.75) is 58.6 Å². The molecule has 2 aromatic carbocycles. The maximum absolute atomic E-state index is 10.7. The third-order valence-corrected chi connectivity index (χ3v) is 8.01. The standard InChI is InChI=1S/C27H32N2O2S.C2H4O2/c1-17-7-8-20-14-27(32-26(20)11-17)21-9-10-29(19(3)13-21)15-22(30)16-31-25-6-4-5-24-23(25)12-18(2)28-24;1-2(3)4/h4-8,11-12,14,19,21-22,28,30H,9-10,13,15-16H2,1-3H3;1H3,(H,3,4). The molecular weight excluding hydrogens is 472 g/mol. The number of aliphatic hydroxyl groups excluding tert-OH is 1. The molecule has 0 aliphatic carbocycles. The Labute approximate surface area is 216 Å². The number of fused-ring (bicyclic) bond motifs is 2. The van der Waals surface area contributed by atoms with Crippen LogP contribution < -0.4 is 4.74 Å². The number of carbonyl (C=O) groups is 1. The lowest BCUT2D eigenvalue weighted by Crippen LogP contribution is -2.45. The van der Waals surface area contributed by atoms with E-state index in [1.165, 1.54) is 20.5 Å². The molecule has 0 saturated carbocycles. The molecule has 2 aromatic heterocycles. The summed E-state index contributed by atoms with van der Waals surface area (Å²) in [5, 5.41) is 20.5. The monoisotopic (exact) mass is 508 g/mol. The number of hydrogen-bond donors (Lipinski definition) is 3. The number of aromatic amines is 1. The summed E-state index contributed by atoms with van der Waals surface area (Å²) in [7, 11) is 0. The van der Waals surface area contributed by atoms with E-state index in [0.29, 0.717) is 25.1 Å². The lowest BCUT2D eigenvalue weighted by atomic mass is 9.90. The number of nitrogens with one attached hydrogen (secondary N) is 1. The number of benzene rings is 2. The van der Waals surface area contributed by atoms with Crippen LogP contribution >= 0.6 is 11.3 Å². The molecule has 1 saturated heterocycles. The summed E-state index contributed by atoms with van der Waals surface area (Å²) in [6, 6.07) is 17.7. The molecule has 36 heavy (non-hydrogen) atoms. The van der Waals surface area contributed by atoms with E-state index >= 15 is 0 Å². The minimum Gasteiger partial charge on any atom is -0.490 e. The topological polar surface area (TPSA) is 85.8 Å². The Morgan fingerprint density at radius 1 is 1.22 bits per heavy atom. The molecular formula is C29H36N2O4S. The van der Waals surface area contributed by atoms with Crippen LogP contribution in [0.2, 0.25) is 0 Å². The summed E-state index contributed by atoms with van der Waals surface area (Å²) in [4.78, 5) is 16.3. The molecule has 1 aliphatic heterocycles. The summed E-state index contributed by atoms with van der Waals surface area (Å²) >= 11 is 1.95. The minimum atomic E-state index is -0.833. The van der Waals surface area contributed by atoms with Crippen molar-refractivity contribution in [3.63, 3.8) is 0 Å². The molecule has 3 atom stereocenters. The van der Waals surface area contributed by atoms with Gasteiger partial charge < -0.3 is 19.9 Å². The second-order valence-electron chi connectivity index (χ2n) is 9.91. The zero-order valence-corrected chi connectivity index (χ0v) is 22.3. The third-order valence-electron chi connectivity index (χ3n) is 6.75. The fraction of sp³-hybridized carbons (Fsp3) is 0.414. The zero-order chi connectivity index (χ0) is 25.8. The summed E-state index contributed by atoms with van der Waals surface area (Å²) in [5.41, 5.74) is 3.51. The molecule has 0 spiro atoms. The van der Waals surface area contributed by atoms with Gasteiger partial charge in [0.05, 0.1) is 0 Å². The van der Waals surface area contributed by atoms with Crippen LogP contribution in [0.5, 0.6) is 5.75 Å². The van der Waals surface area contributed by atoms with Gasteiger partial charge in [0.15, 0.2) is 0 Å². The maximum atomic E-state index is 10.7. The van der Waals surface area contributed by atoms with Crippen molar-refractivity contribution in [3.05, 3.63) is 64.7 Å². The van der Waals surface area contributed by atoms with Crippen LogP contribution in [-0.4, -0.2) is 57.9 Å². The molecule has 5 rings (SSSR count). The van der Waals surface area contributed by atoms with Crippen LogP contribution in [0.15, 0.2) is 48.5 Å². The molecule has 1 fully saturated rings. The van der Waals surface area contributed by atoms with Gasteiger partial charge in [-0.2, -0.15) is 0 Å². The predicted molar refractivity (Wildman–Crippen MR) is 147 cm³/mol. The first-order chi connectivity index (χ1) is 17.2. The Bertz CT molecular complexity index is 1320. The van der Waals surface area contributed by atoms with Crippen molar-refractivity contribution < 1.29 is 19.7 Å². The number of aliphatic carboxylic acids is 1. The number of carboxylic acids is 1. The number of carboxylic acid groups (broad SMARTS) is 1. The summed E-state index contributed by atoms with van der Waals surface area (Å²) < 4.78 is 7.41. The van der Waals surface area contributed by atoms with Crippen LogP contribution in [0, 0.1) is 13.8 Å². The van der Waals surface area contributed by atoms with Crippen molar-refractivity contribution in [2.75, 3.05) is 19.7 Å². The molecule has 3 unspecified atom stereocenters. The zero-order valence-electron chi connectivity index (χ0n) is 21.5. The highest BCUT2D eigenvalue weighted by molar-refractivity contribution is 7.19. The Hall–Kier alpha value is -2.87. The third kappa shape index (κ3) is 6.46. The number of aryl methyl sites for hydroxylation is 2. The first-order valence-electron chi connectivity index (χ1n) is 12.5. The Kier molecular flexibility index (Phi) is 8.34. The molecule has 3 N–H and O–H groups in total. The highest BCUT2D eigenvalue weighted by Gasteiger charge is 2.28. The van der Waals surface area contributed by atoms with Gasteiger partial charge in [-0.25, -0.2) is 0 Å². The largest absolute Gasteiger partial charge is 0.490 e. The van der Waals surface area contributed by atoms with Gasteiger partial charge in [0.1, 0.15) is 18.5 Å². The highest BCUT2D eigenvalue weighted by atomic mass is 32.1. The van der Waals surface area contributed by atoms with E-state index in [1.54, 1.807) is 0 Å². The molecule has 4 aromatic rings. The van der Waals surface area contributed by atoms with Gasteiger partial charge in [0.2, 0.25) is 0 Å². The van der Waals surface area contributed by atoms with E-state index in [4.69, 9.17) is 14.6 Å². The van der Waals surface area contributed by atoms with Crippen molar-refractivity contribution in [1.29, 1.82) is 0 Å². The van der Waals surface area contributed by atoms with E-state index < -0.39 is 12.1 Å². The van der Waals surface area contributed by atoms with E-state index in [0.717, 1.165) is 48.7 Å². The molecule has 6 nitrogen and oxygen atoms in total. The van der Waals surface area contributed by atoms with Gasteiger partial charge in [-0.1, -0.05) is 18.2 Å². The predicted octanol–water partition coefficient (Wildman–Crippen LogP) is 6.10. The van der Waals surface area contributed by atoms with Crippen LogP contribution in [0.4, 0.5) is 0 Å². The summed E-state index contributed by atoms with van der Waals surface area (Å²) in [6.45, 7) is 9.56. The second kappa shape index (κ2) is 11.5. The van der Waals surface area contributed by atoms with E-state index in [2.05, 4.69) is 60.1 Å². The van der Waals surface area contributed by atoms with Crippen molar-refractivity contribution in [2.24, 2.45) is 0 Å². The number of aromatic nitrogens is 1. The average Bonchev–Trinajstić information content (AvgIpc) is 3.41. The van der Waals surface area contributed by atoms with Gasteiger partial charge in [-0.3, -0.25) is 9.69 Å². The molecule has 192 valence electrons. The number of piperidine rings is 1. The fourth-order valence-electron chi connectivity index (χ4n) is 5.01. The lowest BCUT2D eigenvalue weighted by Gasteiger charge is -2.38. The molecule has 0 bridgehead atoms. The normalized spacial score (nSPS) is 19.1. The van der Waals surface area contributed by atoms with Gasteiger partial charge in [-0.15, -0.1) is 11.3 Å². The van der Waals surface area contributed by atoms with Crippen LogP contribution in [0.1, 0.15) is 48.7 Å². The number of aliphatic hydroxyl groups is 1. The maximum Gasteiger partial charge on any atom is 0.300 e. The first-order valence-corrected chi connectivity index (χ1v) is 13.3. The van der Waals surface area contributed by atoms with Crippen LogP contribution in [-0.2, 0) is 4.79 Å². The van der Waals surface area contributed by atoms with Crippen molar-refractivity contribution in [3.8, 4) is 5.75 Å². The summed E-state index contributed by atoms with van der Waals surface area (Å²) in [6.07, 6.45) is 1.78. The SMILES string of the molecule is CC(=O)O.Cc1ccc2cc(C3CCN(CC(O)COc4cccc5[nH]c(C)cc45)C(C)C3)sc2c1. The van der Waals surface area contributed by atoms with Gasteiger partial charge in [0, 0.05) is 45.7 Å². The lowest BCUT2D eigenvalue weighted by molar-refractivity contribution is -0.134. The van der Waals surface area contributed by atoms with Crippen LogP contribution in [0.25, 0.3) is 21.0 Å². The quantitative estimate of drug-likeness (QED) is 0.293. The first kappa shape index (κ1) is 26.2. The Balaban J connectivity index is 0.000000709. The molecule has 3 heterocycles. The minimum absolute atomic E-state index is 0.311. The number of nitrogens with zero attached hydrogens (tertiary/aromatic N) is 1. The van der Waals surface area contributed by atoms with Crippen LogP contribution in [0.3, 0.4) is 0 Å². The number of thiophene rings is 1. The average molecular weight is 509 g/mol. The smallest absolute Gasteiger partial charge is 0.300 e. The van der Waals surface area contributed by atoms with E-state index in [1.807, 2.05) is 30.4 Å². The highest BCUT2D eigenvalue weighted by Crippen LogP contribution is 2.38. The number of H-pyrrole nitrogens is 1. The molecule has 0 amide bonds.